The van der Waals surface area contributed by atoms with Crippen molar-refractivity contribution < 1.29 is 26.7 Å². The second-order valence-corrected chi connectivity index (χ2v) is 3.44. The number of rotatable bonds is 4. The molecule has 10 heteroatoms. The lowest BCUT2D eigenvalue weighted by molar-refractivity contribution is 0.208. The molecule has 20 heavy (non-hydrogen) atoms. The van der Waals surface area contributed by atoms with Crippen LogP contribution in [-0.2, 0) is 4.74 Å². The van der Waals surface area contributed by atoms with Gasteiger partial charge in [-0.1, -0.05) is 0 Å². The lowest BCUT2D eigenvalue weighted by Gasteiger charge is -2.12. The van der Waals surface area contributed by atoms with E-state index in [1.54, 1.807) is 0 Å². The van der Waals surface area contributed by atoms with Crippen LogP contribution < -0.4 is 16.6 Å². The second-order valence-electron chi connectivity index (χ2n) is 3.44. The smallest absolute Gasteiger partial charge is 0.210 e. The zero-order chi connectivity index (χ0) is 15.3. The van der Waals surface area contributed by atoms with Gasteiger partial charge in [0.1, 0.15) is 5.69 Å². The Bertz CT molecular complexity index is 494. The minimum Gasteiger partial charge on any atom is -0.383 e. The predicted octanol–water partition coefficient (Wildman–Crippen LogP) is 1.26. The number of nitrogens with zero attached hydrogens (tertiary/aromatic N) is 1. The van der Waals surface area contributed by atoms with Gasteiger partial charge in [-0.25, -0.2) is 32.8 Å². The van der Waals surface area contributed by atoms with Crippen molar-refractivity contribution in [3.8, 4) is 0 Å². The van der Waals surface area contributed by atoms with Crippen molar-refractivity contribution in [2.45, 2.75) is 0 Å². The van der Waals surface area contributed by atoms with E-state index in [1.165, 1.54) is 7.11 Å². The van der Waals surface area contributed by atoms with E-state index < -0.39 is 34.8 Å². The Morgan fingerprint density at radius 1 is 1.05 bits per heavy atom. The number of hydrazine groups is 1. The lowest BCUT2D eigenvalue weighted by Crippen LogP contribution is -2.37. The Hall–Kier alpha value is -1.94. The number of hydrogen-bond donors (Lipinski definition) is 3. The first-order valence-corrected chi connectivity index (χ1v) is 5.22. The summed E-state index contributed by atoms with van der Waals surface area (Å²) < 4.78 is 70.1. The van der Waals surface area contributed by atoms with Gasteiger partial charge in [-0.2, -0.15) is 0 Å². The number of benzene rings is 1. The first kappa shape index (κ1) is 16.1. The molecule has 0 saturated carbocycles. The highest BCUT2D eigenvalue weighted by Crippen LogP contribution is 2.26. The van der Waals surface area contributed by atoms with Crippen LogP contribution in [0.5, 0.6) is 0 Å². The highest BCUT2D eigenvalue weighted by molar-refractivity contribution is 5.93. The molecule has 0 bridgehead atoms. The third-order valence-corrected chi connectivity index (χ3v) is 2.16. The van der Waals surface area contributed by atoms with Gasteiger partial charge in [0.25, 0.3) is 0 Å². The van der Waals surface area contributed by atoms with Crippen molar-refractivity contribution in [1.82, 2.24) is 5.43 Å². The quantitative estimate of drug-likeness (QED) is 0.114. The van der Waals surface area contributed by atoms with Gasteiger partial charge in [-0.15, -0.1) is 0 Å². The van der Waals surface area contributed by atoms with Crippen LogP contribution in [0.25, 0.3) is 0 Å². The van der Waals surface area contributed by atoms with Crippen LogP contribution in [-0.4, -0.2) is 26.2 Å². The molecule has 0 radical (unpaired) electrons. The summed E-state index contributed by atoms with van der Waals surface area (Å²) in [4.78, 5) is 3.66. The van der Waals surface area contributed by atoms with Crippen LogP contribution in [0, 0.1) is 29.1 Å². The number of ether oxygens (including phenoxy) is 1. The molecule has 0 unspecified atom stereocenters. The Kier molecular flexibility index (Phi) is 5.65. The van der Waals surface area contributed by atoms with E-state index >= 15 is 0 Å². The summed E-state index contributed by atoms with van der Waals surface area (Å²) in [7, 11) is 1.39. The minimum atomic E-state index is -2.25. The zero-order valence-electron chi connectivity index (χ0n) is 10.2. The molecule has 5 nitrogen and oxygen atoms in total. The van der Waals surface area contributed by atoms with E-state index in [4.69, 9.17) is 5.84 Å². The lowest BCUT2D eigenvalue weighted by atomic mass is 10.2. The molecule has 0 aliphatic carbocycles. The second kappa shape index (κ2) is 7.01. The van der Waals surface area contributed by atoms with E-state index in [9.17, 15) is 22.0 Å². The van der Waals surface area contributed by atoms with Crippen molar-refractivity contribution >= 4 is 11.6 Å². The summed E-state index contributed by atoms with van der Waals surface area (Å²) in [5.41, 5.74) is 0.675. The van der Waals surface area contributed by atoms with E-state index in [0.717, 1.165) is 0 Å². The summed E-state index contributed by atoms with van der Waals surface area (Å²) in [5.74, 6) is -5.79. The van der Waals surface area contributed by atoms with E-state index in [-0.39, 0.29) is 19.1 Å². The van der Waals surface area contributed by atoms with E-state index in [1.807, 2.05) is 10.7 Å². The number of nitrogens with one attached hydrogen (secondary N) is 2. The van der Waals surface area contributed by atoms with Gasteiger partial charge < -0.3 is 10.1 Å². The van der Waals surface area contributed by atoms with Crippen LogP contribution in [0.3, 0.4) is 0 Å². The fraction of sp³-hybridized carbons (Fsp3) is 0.300. The molecule has 0 fully saturated rings. The number of anilines is 1. The molecule has 112 valence electrons. The molecule has 1 aromatic carbocycles. The predicted molar refractivity (Wildman–Crippen MR) is 61.4 cm³/mol. The number of hydrogen-bond acceptors (Lipinski definition) is 3. The molecule has 4 N–H and O–H groups in total. The van der Waals surface area contributed by atoms with E-state index in [0.29, 0.717) is 0 Å². The highest BCUT2D eigenvalue weighted by Gasteiger charge is 2.26. The fourth-order valence-corrected chi connectivity index (χ4v) is 1.20. The third kappa shape index (κ3) is 3.33. The number of aliphatic imine (C=N–C) groups is 1. The summed E-state index contributed by atoms with van der Waals surface area (Å²) in [6, 6.07) is 0. The summed E-state index contributed by atoms with van der Waals surface area (Å²) in [5, 5.41) is 1.89. The third-order valence-electron chi connectivity index (χ3n) is 2.16. The molecule has 1 rings (SSSR count). The molecular formula is C10H11F5N4O. The molecule has 0 heterocycles. The summed E-state index contributed by atoms with van der Waals surface area (Å²) in [6.45, 7) is 0.225. The molecule has 0 spiro atoms. The number of nitrogens with two attached hydrogens (primary N) is 1. The Morgan fingerprint density at radius 3 is 2.00 bits per heavy atom. The Morgan fingerprint density at radius 2 is 1.55 bits per heavy atom. The van der Waals surface area contributed by atoms with Gasteiger partial charge >= 0.3 is 0 Å². The maximum atomic E-state index is 13.4. The fourth-order valence-electron chi connectivity index (χ4n) is 1.20. The minimum absolute atomic E-state index is 0.0540. The van der Waals surface area contributed by atoms with Crippen LogP contribution in [0.2, 0.25) is 0 Å². The molecule has 0 atom stereocenters. The summed E-state index contributed by atoms with van der Waals surface area (Å²) in [6.07, 6.45) is 0. The largest absolute Gasteiger partial charge is 0.383 e. The molecule has 0 aliphatic rings. The molecule has 0 aromatic heterocycles. The number of halogens is 5. The van der Waals surface area contributed by atoms with Gasteiger partial charge in [0.05, 0.1) is 13.2 Å². The number of guanidine groups is 1. The van der Waals surface area contributed by atoms with Gasteiger partial charge in [-0.3, -0.25) is 5.43 Å². The first-order chi connectivity index (χ1) is 9.43. The number of methoxy groups -OCH3 is 1. The van der Waals surface area contributed by atoms with Gasteiger partial charge in [0.15, 0.2) is 23.3 Å². The Balaban J connectivity index is 3.11. The maximum absolute atomic E-state index is 13.4. The van der Waals surface area contributed by atoms with Gasteiger partial charge in [-0.05, 0) is 0 Å². The van der Waals surface area contributed by atoms with Crippen LogP contribution in [0.4, 0.5) is 27.6 Å². The molecule has 0 aliphatic heterocycles. The van der Waals surface area contributed by atoms with E-state index in [2.05, 4.69) is 9.73 Å². The monoisotopic (exact) mass is 298 g/mol. The topological polar surface area (TPSA) is 71.7 Å². The SMILES string of the molecule is COCCN=C(NN)Nc1c(F)c(F)c(F)c(F)c1F. The molecule has 0 amide bonds. The Labute approximate surface area is 110 Å². The normalized spacial score (nSPS) is 11.7. The van der Waals surface area contributed by atoms with Crippen LogP contribution in [0.15, 0.2) is 4.99 Å². The van der Waals surface area contributed by atoms with Gasteiger partial charge in [0, 0.05) is 7.11 Å². The van der Waals surface area contributed by atoms with Crippen molar-refractivity contribution in [2.75, 3.05) is 25.6 Å². The average Bonchev–Trinajstić information content (AvgIpc) is 2.45. The highest BCUT2D eigenvalue weighted by atomic mass is 19.2. The van der Waals surface area contributed by atoms with Crippen LogP contribution in [0.1, 0.15) is 0 Å². The molecule has 1 aromatic rings. The standard InChI is InChI=1S/C10H11F5N4O/c1-20-3-2-17-10(19-16)18-9-7(14)5(12)4(11)6(13)8(9)15/h2-3,16H2,1H3,(H2,17,18,19). The van der Waals surface area contributed by atoms with Crippen molar-refractivity contribution in [1.29, 1.82) is 0 Å². The molecular weight excluding hydrogens is 287 g/mol. The van der Waals surface area contributed by atoms with Gasteiger partial charge in [0.2, 0.25) is 11.8 Å². The summed E-state index contributed by atoms with van der Waals surface area (Å²) >= 11 is 0. The van der Waals surface area contributed by atoms with Crippen LogP contribution >= 0.6 is 0 Å². The zero-order valence-corrected chi connectivity index (χ0v) is 10.2. The van der Waals surface area contributed by atoms with Crippen molar-refractivity contribution in [3.05, 3.63) is 29.1 Å². The maximum Gasteiger partial charge on any atom is 0.210 e. The van der Waals surface area contributed by atoms with Crippen molar-refractivity contribution in [3.63, 3.8) is 0 Å². The average molecular weight is 298 g/mol. The molecule has 0 saturated heterocycles. The van der Waals surface area contributed by atoms with Crippen molar-refractivity contribution in [2.24, 2.45) is 10.8 Å². The first-order valence-electron chi connectivity index (χ1n) is 5.22.